The standard InChI is InChI=1S/C25H21N3O3/c1-3-9-19-14-17(15-22(31-2)23(19)29)16-26-28-24(18-10-5-4-6-11-18)27-21-13-8-7-12-20(21)25(28)30/h3-8,10-16,29H,1,9H2,2H3. The molecule has 4 rings (SSSR count). The van der Waals surface area contributed by atoms with Gasteiger partial charge in [-0.15, -0.1) is 6.58 Å². The molecule has 154 valence electrons. The van der Waals surface area contributed by atoms with Crippen molar-refractivity contribution in [1.29, 1.82) is 0 Å². The van der Waals surface area contributed by atoms with Crippen LogP contribution in [-0.2, 0) is 6.42 Å². The van der Waals surface area contributed by atoms with E-state index < -0.39 is 0 Å². The maximum Gasteiger partial charge on any atom is 0.282 e. The summed E-state index contributed by atoms with van der Waals surface area (Å²) in [5.74, 6) is 0.833. The average molecular weight is 411 g/mol. The van der Waals surface area contributed by atoms with Crippen LogP contribution >= 0.6 is 0 Å². The summed E-state index contributed by atoms with van der Waals surface area (Å²) < 4.78 is 6.57. The molecule has 31 heavy (non-hydrogen) atoms. The molecular weight excluding hydrogens is 390 g/mol. The molecule has 0 atom stereocenters. The molecule has 6 heteroatoms. The molecule has 0 unspecified atom stereocenters. The van der Waals surface area contributed by atoms with Gasteiger partial charge < -0.3 is 9.84 Å². The van der Waals surface area contributed by atoms with Gasteiger partial charge in [0.1, 0.15) is 0 Å². The Kier molecular flexibility index (Phi) is 5.62. The molecule has 1 N–H and O–H groups in total. The van der Waals surface area contributed by atoms with Crippen LogP contribution in [0.15, 0.2) is 89.3 Å². The predicted molar refractivity (Wildman–Crippen MR) is 123 cm³/mol. The molecule has 1 heterocycles. The van der Waals surface area contributed by atoms with Gasteiger partial charge in [-0.1, -0.05) is 48.5 Å². The van der Waals surface area contributed by atoms with Crippen molar-refractivity contribution in [3.05, 3.63) is 101 Å². The SMILES string of the molecule is C=CCc1cc(C=Nn2c(-c3ccccc3)nc3ccccc3c2=O)cc(OC)c1O. The largest absolute Gasteiger partial charge is 0.504 e. The van der Waals surface area contributed by atoms with Crippen molar-refractivity contribution in [3.63, 3.8) is 0 Å². The van der Waals surface area contributed by atoms with Gasteiger partial charge in [0.05, 0.1) is 24.2 Å². The van der Waals surface area contributed by atoms with Gasteiger partial charge in [0, 0.05) is 11.1 Å². The Hall–Kier alpha value is -4.19. The summed E-state index contributed by atoms with van der Waals surface area (Å²) in [7, 11) is 1.49. The highest BCUT2D eigenvalue weighted by molar-refractivity contribution is 5.83. The monoisotopic (exact) mass is 411 g/mol. The number of aromatic hydroxyl groups is 1. The van der Waals surface area contributed by atoms with Gasteiger partial charge in [-0.2, -0.15) is 9.78 Å². The third-order valence-electron chi connectivity index (χ3n) is 4.87. The minimum absolute atomic E-state index is 0.0639. The molecule has 1 aromatic heterocycles. The Morgan fingerprint density at radius 1 is 1.13 bits per heavy atom. The fourth-order valence-electron chi connectivity index (χ4n) is 3.36. The van der Waals surface area contributed by atoms with Gasteiger partial charge in [0.25, 0.3) is 5.56 Å². The molecule has 0 aliphatic heterocycles. The van der Waals surface area contributed by atoms with E-state index in [9.17, 15) is 9.90 Å². The smallest absolute Gasteiger partial charge is 0.282 e. The number of rotatable bonds is 6. The molecule has 3 aromatic carbocycles. The highest BCUT2D eigenvalue weighted by Crippen LogP contribution is 2.31. The number of hydrogen-bond donors (Lipinski definition) is 1. The summed E-state index contributed by atoms with van der Waals surface area (Å²) in [6.45, 7) is 3.72. The second kappa shape index (κ2) is 8.67. The second-order valence-corrected chi connectivity index (χ2v) is 6.90. The zero-order valence-corrected chi connectivity index (χ0v) is 17.0. The number of nitrogens with zero attached hydrogens (tertiary/aromatic N) is 3. The summed E-state index contributed by atoms with van der Waals surface area (Å²) in [6, 6.07) is 20.1. The summed E-state index contributed by atoms with van der Waals surface area (Å²) in [5, 5.41) is 15.2. The number of phenolic OH excluding ortho intramolecular Hbond substituents is 1. The second-order valence-electron chi connectivity index (χ2n) is 6.90. The van der Waals surface area contributed by atoms with Crippen LogP contribution in [0.5, 0.6) is 11.5 Å². The number of methoxy groups -OCH3 is 1. The van der Waals surface area contributed by atoms with E-state index in [4.69, 9.17) is 4.74 Å². The molecule has 4 aromatic rings. The van der Waals surface area contributed by atoms with Crippen molar-refractivity contribution in [2.24, 2.45) is 5.10 Å². The van der Waals surface area contributed by atoms with Gasteiger partial charge in [-0.3, -0.25) is 4.79 Å². The number of ether oxygens (including phenoxy) is 1. The summed E-state index contributed by atoms with van der Waals surface area (Å²) in [5.41, 5.74) is 2.45. The molecular formula is C25H21N3O3. The number of para-hydroxylation sites is 1. The Morgan fingerprint density at radius 3 is 2.61 bits per heavy atom. The zero-order valence-electron chi connectivity index (χ0n) is 17.0. The van der Waals surface area contributed by atoms with E-state index >= 15 is 0 Å². The number of fused-ring (bicyclic) bond motifs is 1. The lowest BCUT2D eigenvalue weighted by atomic mass is 10.1. The van der Waals surface area contributed by atoms with E-state index in [1.807, 2.05) is 42.5 Å². The first-order valence-corrected chi connectivity index (χ1v) is 9.74. The van der Waals surface area contributed by atoms with Crippen LogP contribution in [-0.4, -0.2) is 28.1 Å². The van der Waals surface area contributed by atoms with E-state index in [0.29, 0.717) is 40.0 Å². The van der Waals surface area contributed by atoms with E-state index in [1.165, 1.54) is 11.8 Å². The molecule has 0 aliphatic carbocycles. The van der Waals surface area contributed by atoms with Crippen LogP contribution in [0.1, 0.15) is 11.1 Å². The highest BCUT2D eigenvalue weighted by Gasteiger charge is 2.13. The van der Waals surface area contributed by atoms with Crippen LogP contribution < -0.4 is 10.3 Å². The molecule has 0 saturated carbocycles. The lowest BCUT2D eigenvalue weighted by molar-refractivity contribution is 0.371. The number of benzene rings is 3. The van der Waals surface area contributed by atoms with E-state index in [0.717, 1.165) is 5.56 Å². The Labute approximate surface area is 179 Å². The maximum atomic E-state index is 13.2. The first-order chi connectivity index (χ1) is 15.1. The average Bonchev–Trinajstić information content (AvgIpc) is 2.81. The molecule has 0 spiro atoms. The minimum Gasteiger partial charge on any atom is -0.504 e. The lowest BCUT2D eigenvalue weighted by Gasteiger charge is -2.11. The van der Waals surface area contributed by atoms with Crippen molar-refractivity contribution in [1.82, 2.24) is 9.66 Å². The summed E-state index contributed by atoms with van der Waals surface area (Å²) in [4.78, 5) is 17.9. The molecule has 0 amide bonds. The van der Waals surface area contributed by atoms with Gasteiger partial charge in [0.2, 0.25) is 0 Å². The fourth-order valence-corrected chi connectivity index (χ4v) is 3.36. The van der Waals surface area contributed by atoms with Gasteiger partial charge >= 0.3 is 0 Å². The van der Waals surface area contributed by atoms with Crippen LogP contribution in [0.3, 0.4) is 0 Å². The van der Waals surface area contributed by atoms with Crippen molar-refractivity contribution in [2.75, 3.05) is 7.11 Å². The number of allylic oxidation sites excluding steroid dienone is 1. The normalized spacial score (nSPS) is 11.1. The molecule has 0 bridgehead atoms. The van der Waals surface area contributed by atoms with Crippen molar-refractivity contribution >= 4 is 17.1 Å². The Balaban J connectivity index is 1.89. The van der Waals surface area contributed by atoms with Gasteiger partial charge in [0.15, 0.2) is 17.3 Å². The Morgan fingerprint density at radius 2 is 1.87 bits per heavy atom. The van der Waals surface area contributed by atoms with Crippen LogP contribution in [0, 0.1) is 0 Å². The molecule has 0 saturated heterocycles. The Bertz CT molecular complexity index is 1340. The molecule has 0 aliphatic rings. The quantitative estimate of drug-likeness (QED) is 0.377. The van der Waals surface area contributed by atoms with Crippen molar-refractivity contribution in [3.8, 4) is 22.9 Å². The number of phenols is 1. The summed E-state index contributed by atoms with van der Waals surface area (Å²) in [6.07, 6.45) is 3.72. The number of aromatic nitrogens is 2. The lowest BCUT2D eigenvalue weighted by Crippen LogP contribution is -2.20. The molecule has 0 fully saturated rings. The maximum absolute atomic E-state index is 13.2. The topological polar surface area (TPSA) is 76.7 Å². The predicted octanol–water partition coefficient (Wildman–Crippen LogP) is 4.39. The molecule has 0 radical (unpaired) electrons. The van der Waals surface area contributed by atoms with Gasteiger partial charge in [-0.25, -0.2) is 4.98 Å². The summed E-state index contributed by atoms with van der Waals surface area (Å²) >= 11 is 0. The van der Waals surface area contributed by atoms with Crippen LogP contribution in [0.4, 0.5) is 0 Å². The zero-order chi connectivity index (χ0) is 21.8. The fraction of sp³-hybridized carbons (Fsp3) is 0.0800. The first-order valence-electron chi connectivity index (χ1n) is 9.74. The minimum atomic E-state index is -0.266. The van der Waals surface area contributed by atoms with Crippen molar-refractivity contribution in [2.45, 2.75) is 6.42 Å². The number of hydrogen-bond acceptors (Lipinski definition) is 5. The first kappa shape index (κ1) is 20.1. The van der Waals surface area contributed by atoms with Gasteiger partial charge in [-0.05, 0) is 36.2 Å². The highest BCUT2D eigenvalue weighted by atomic mass is 16.5. The third kappa shape index (κ3) is 3.96. The van der Waals surface area contributed by atoms with Crippen LogP contribution in [0.25, 0.3) is 22.3 Å². The van der Waals surface area contributed by atoms with Crippen molar-refractivity contribution < 1.29 is 9.84 Å². The van der Waals surface area contributed by atoms with E-state index in [1.54, 1.807) is 36.6 Å². The molecule has 6 nitrogen and oxygen atoms in total. The van der Waals surface area contributed by atoms with E-state index in [2.05, 4.69) is 16.7 Å². The van der Waals surface area contributed by atoms with Crippen LogP contribution in [0.2, 0.25) is 0 Å². The van der Waals surface area contributed by atoms with E-state index in [-0.39, 0.29) is 11.3 Å². The third-order valence-corrected chi connectivity index (χ3v) is 4.87.